The van der Waals surface area contributed by atoms with E-state index >= 15 is 0 Å². The van der Waals surface area contributed by atoms with Gasteiger partial charge in [0.05, 0.1) is 34.6 Å². The number of esters is 1. The molecule has 0 saturated heterocycles. The van der Waals surface area contributed by atoms with Gasteiger partial charge in [0, 0.05) is 43.2 Å². The van der Waals surface area contributed by atoms with Crippen LogP contribution in [0, 0.1) is 0 Å². The maximum atomic E-state index is 13.9. The lowest BCUT2D eigenvalue weighted by molar-refractivity contribution is -0.291. The number of hydrogen-bond donors (Lipinski definition) is 0. The molecule has 0 aliphatic rings. The van der Waals surface area contributed by atoms with Gasteiger partial charge >= 0.3 is 30.2 Å². The van der Waals surface area contributed by atoms with Crippen molar-refractivity contribution in [1.29, 1.82) is 0 Å². The molecule has 4 aromatic heterocycles. The van der Waals surface area contributed by atoms with Gasteiger partial charge in [-0.1, -0.05) is 43.0 Å². The Kier molecular flexibility index (Phi) is 10.9. The first-order valence-electron chi connectivity index (χ1n) is 13.9. The third-order valence-corrected chi connectivity index (χ3v) is 7.83. The second kappa shape index (κ2) is 14.2. The molecule has 278 valence electrons. The van der Waals surface area contributed by atoms with E-state index in [0.717, 1.165) is 30.9 Å². The molecule has 0 aliphatic heterocycles. The lowest BCUT2D eigenvalue weighted by Gasteiger charge is -2.18. The average molecular weight is 832 g/mol. The van der Waals surface area contributed by atoms with Crippen LogP contribution in [0.3, 0.4) is 0 Å². The first-order valence-corrected chi connectivity index (χ1v) is 15.1. The molecule has 5 rings (SSSR count). The Morgan fingerprint density at radius 1 is 0.788 bits per heavy atom. The standard InChI is InChI=1S/C19H14ClF5N4O2.C11H8BrF5N4/c1-4-12-15(18(21,22)19(23,24)25)27-28(2)16(12)29-9-11(8-26-29)10-5-6-14(20)13(7-10)17(30)31-3;1-3-7-8(10(13,14)11(15,16)17)19-20(2)9(7)21-5-6(12)4-18-21/h4-9H,1H2,2-3H3;3-5H,1H2,2H3. The van der Waals surface area contributed by atoms with Crippen LogP contribution in [0.25, 0.3) is 34.9 Å². The first-order chi connectivity index (χ1) is 24.0. The molecule has 0 aliphatic carbocycles. The molecular weight excluding hydrogens is 810 g/mol. The van der Waals surface area contributed by atoms with Crippen LogP contribution in [0.1, 0.15) is 32.9 Å². The van der Waals surface area contributed by atoms with Crippen molar-refractivity contribution in [2.75, 3.05) is 7.11 Å². The van der Waals surface area contributed by atoms with Gasteiger partial charge in [-0.25, -0.2) is 23.5 Å². The molecule has 0 saturated carbocycles. The van der Waals surface area contributed by atoms with Gasteiger partial charge in [0.15, 0.2) is 23.0 Å². The topological polar surface area (TPSA) is 97.6 Å². The Balaban J connectivity index is 0.000000251. The fourth-order valence-corrected chi connectivity index (χ4v) is 5.17. The average Bonchev–Trinajstić information content (AvgIpc) is 3.85. The summed E-state index contributed by atoms with van der Waals surface area (Å²) in [6, 6.07) is 4.48. The summed E-state index contributed by atoms with van der Waals surface area (Å²) in [5.41, 5.74) is -2.84. The van der Waals surface area contributed by atoms with Crippen molar-refractivity contribution in [3.05, 3.63) is 93.7 Å². The highest BCUT2D eigenvalue weighted by Gasteiger charge is 2.62. The number of halogens is 12. The van der Waals surface area contributed by atoms with Crippen LogP contribution >= 0.6 is 27.5 Å². The Labute approximate surface area is 299 Å². The predicted octanol–water partition coefficient (Wildman–Crippen LogP) is 8.68. The quantitative estimate of drug-likeness (QED) is 0.115. The highest BCUT2D eigenvalue weighted by molar-refractivity contribution is 9.10. The largest absolute Gasteiger partial charge is 0.465 e. The van der Waals surface area contributed by atoms with E-state index in [2.05, 4.69) is 54.2 Å². The van der Waals surface area contributed by atoms with Gasteiger partial charge in [-0.3, -0.25) is 0 Å². The summed E-state index contributed by atoms with van der Waals surface area (Å²) >= 11 is 9.11. The maximum Gasteiger partial charge on any atom is 0.459 e. The van der Waals surface area contributed by atoms with E-state index < -0.39 is 52.7 Å². The lowest BCUT2D eigenvalue weighted by atomic mass is 10.1. The number of nitrogens with zero attached hydrogens (tertiary/aromatic N) is 8. The molecule has 0 radical (unpaired) electrons. The number of benzene rings is 1. The second-order valence-electron chi connectivity index (χ2n) is 10.4. The van der Waals surface area contributed by atoms with E-state index in [9.17, 15) is 48.7 Å². The van der Waals surface area contributed by atoms with Gasteiger partial charge in [0.25, 0.3) is 0 Å². The Morgan fingerprint density at radius 3 is 1.65 bits per heavy atom. The summed E-state index contributed by atoms with van der Waals surface area (Å²) in [6.45, 7) is 6.63. The molecule has 0 N–H and O–H groups in total. The number of alkyl halides is 10. The fourth-order valence-electron chi connectivity index (χ4n) is 4.69. The van der Waals surface area contributed by atoms with Crippen molar-refractivity contribution >= 4 is 45.7 Å². The summed E-state index contributed by atoms with van der Waals surface area (Å²) in [7, 11) is 3.64. The van der Waals surface area contributed by atoms with Crippen molar-refractivity contribution < 1.29 is 53.4 Å². The fraction of sp³-hybridized carbons (Fsp3) is 0.233. The number of carbonyl (C=O) groups excluding carboxylic acids is 1. The van der Waals surface area contributed by atoms with E-state index in [1.165, 1.54) is 58.1 Å². The zero-order chi connectivity index (χ0) is 39.1. The molecule has 4 heterocycles. The van der Waals surface area contributed by atoms with E-state index in [1.807, 2.05) is 0 Å². The smallest absolute Gasteiger partial charge is 0.459 e. The number of aryl methyl sites for hydroxylation is 2. The van der Waals surface area contributed by atoms with Gasteiger partial charge in [-0.05, 0) is 33.6 Å². The molecule has 10 nitrogen and oxygen atoms in total. The van der Waals surface area contributed by atoms with Crippen LogP contribution in [0.4, 0.5) is 43.9 Å². The number of rotatable bonds is 8. The van der Waals surface area contributed by atoms with Gasteiger partial charge in [0.2, 0.25) is 0 Å². The van der Waals surface area contributed by atoms with Gasteiger partial charge in [-0.2, -0.15) is 64.3 Å². The Hall–Kier alpha value is -4.92. The zero-order valence-electron chi connectivity index (χ0n) is 26.5. The van der Waals surface area contributed by atoms with Gasteiger partial charge < -0.3 is 4.74 Å². The van der Waals surface area contributed by atoms with Crippen LogP contribution in [-0.4, -0.2) is 64.6 Å². The summed E-state index contributed by atoms with van der Waals surface area (Å²) in [5, 5.41) is 14.7. The normalized spacial score (nSPS) is 12.4. The van der Waals surface area contributed by atoms with Crippen LogP contribution in [-0.2, 0) is 30.7 Å². The van der Waals surface area contributed by atoms with E-state index in [-0.39, 0.29) is 22.2 Å². The number of ether oxygens (including phenoxy) is 1. The molecule has 0 atom stereocenters. The molecule has 5 aromatic rings. The van der Waals surface area contributed by atoms with Crippen LogP contribution in [0.15, 0.2) is 60.6 Å². The summed E-state index contributed by atoms with van der Waals surface area (Å²) in [6.07, 6.45) is -4.35. The van der Waals surface area contributed by atoms with Crippen molar-refractivity contribution in [3.63, 3.8) is 0 Å². The van der Waals surface area contributed by atoms with Gasteiger partial charge in [-0.15, -0.1) is 0 Å². The monoisotopic (exact) mass is 830 g/mol. The van der Waals surface area contributed by atoms with Crippen LogP contribution in [0.5, 0.6) is 0 Å². The first kappa shape index (κ1) is 39.9. The Bertz CT molecular complexity index is 2150. The van der Waals surface area contributed by atoms with Crippen LogP contribution < -0.4 is 0 Å². The second-order valence-corrected chi connectivity index (χ2v) is 11.8. The lowest BCUT2D eigenvalue weighted by Crippen LogP contribution is -2.34. The molecule has 0 spiro atoms. The third kappa shape index (κ3) is 7.23. The predicted molar refractivity (Wildman–Crippen MR) is 170 cm³/mol. The minimum Gasteiger partial charge on any atom is -0.465 e. The molecular formula is C30H22BrClF10N8O2. The highest BCUT2D eigenvalue weighted by atomic mass is 79.9. The SMILES string of the molecule is C=Cc1c(C(F)(F)C(F)(F)F)nn(C)c1-n1cc(-c2ccc(Cl)c(C(=O)OC)c2)cn1.C=Cc1c(C(F)(F)C(F)(F)F)nn(C)c1-n1cc(Br)cn1. The maximum absolute atomic E-state index is 13.9. The van der Waals surface area contributed by atoms with Crippen molar-refractivity contribution in [2.45, 2.75) is 24.2 Å². The third-order valence-electron chi connectivity index (χ3n) is 7.09. The number of carbonyl (C=O) groups is 1. The molecule has 22 heteroatoms. The number of aromatic nitrogens is 8. The summed E-state index contributed by atoms with van der Waals surface area (Å²) in [5.74, 6) is -11.1. The Morgan fingerprint density at radius 2 is 1.25 bits per heavy atom. The minimum atomic E-state index is -5.83. The van der Waals surface area contributed by atoms with E-state index in [1.54, 1.807) is 6.07 Å². The molecule has 0 amide bonds. The van der Waals surface area contributed by atoms with Crippen molar-refractivity contribution in [2.24, 2.45) is 14.1 Å². The van der Waals surface area contributed by atoms with Crippen molar-refractivity contribution in [1.82, 2.24) is 39.1 Å². The molecule has 0 bridgehead atoms. The summed E-state index contributed by atoms with van der Waals surface area (Å²) < 4.78 is 140. The van der Waals surface area contributed by atoms with Crippen molar-refractivity contribution in [3.8, 4) is 22.8 Å². The van der Waals surface area contributed by atoms with E-state index in [4.69, 9.17) is 11.6 Å². The summed E-state index contributed by atoms with van der Waals surface area (Å²) in [4.78, 5) is 11.8. The zero-order valence-corrected chi connectivity index (χ0v) is 28.9. The number of methoxy groups -OCH3 is 1. The number of hydrogen-bond acceptors (Lipinski definition) is 6. The minimum absolute atomic E-state index is 0.0466. The molecule has 1 aromatic carbocycles. The molecule has 0 fully saturated rings. The highest BCUT2D eigenvalue weighted by Crippen LogP contribution is 2.47. The van der Waals surface area contributed by atoms with Crippen LogP contribution in [0.2, 0.25) is 5.02 Å². The molecule has 52 heavy (non-hydrogen) atoms. The van der Waals surface area contributed by atoms with E-state index in [0.29, 0.717) is 15.6 Å². The van der Waals surface area contributed by atoms with Gasteiger partial charge in [0.1, 0.15) is 0 Å². The molecule has 0 unspecified atom stereocenters.